The lowest BCUT2D eigenvalue weighted by atomic mass is 10.1. The second-order valence-corrected chi connectivity index (χ2v) is 5.93. The maximum atomic E-state index is 13.0. The molecule has 0 saturated carbocycles. The molecular formula is C20H19FN2O5. The summed E-state index contributed by atoms with van der Waals surface area (Å²) < 4.78 is 29.0. The Hall–Kier alpha value is -3.55. The average molecular weight is 386 g/mol. The molecule has 0 aromatic heterocycles. The number of amides is 3. The molecule has 3 amide bonds. The summed E-state index contributed by atoms with van der Waals surface area (Å²) in [5.41, 5.74) is 1.26. The monoisotopic (exact) mass is 386 g/mol. The molecule has 3 rings (SSSR count). The molecule has 2 aromatic carbocycles. The number of methoxy groups -OCH3 is 3. The van der Waals surface area contributed by atoms with E-state index < -0.39 is 11.9 Å². The van der Waals surface area contributed by atoms with E-state index in [4.69, 9.17) is 14.2 Å². The Morgan fingerprint density at radius 3 is 2.25 bits per heavy atom. The highest BCUT2D eigenvalue weighted by Crippen LogP contribution is 2.40. The number of urea groups is 1. The van der Waals surface area contributed by atoms with E-state index in [-0.39, 0.29) is 18.1 Å². The second-order valence-electron chi connectivity index (χ2n) is 5.93. The summed E-state index contributed by atoms with van der Waals surface area (Å²) in [6.07, 6.45) is 1.51. The summed E-state index contributed by atoms with van der Waals surface area (Å²) in [6, 6.07) is 8.41. The van der Waals surface area contributed by atoms with Gasteiger partial charge in [0.1, 0.15) is 11.5 Å². The highest BCUT2D eigenvalue weighted by molar-refractivity contribution is 6.14. The first-order valence-electron chi connectivity index (χ1n) is 8.36. The van der Waals surface area contributed by atoms with Crippen molar-refractivity contribution < 1.29 is 28.2 Å². The number of imide groups is 1. The van der Waals surface area contributed by atoms with Crippen LogP contribution in [0.4, 0.5) is 9.18 Å². The van der Waals surface area contributed by atoms with Crippen LogP contribution in [0.2, 0.25) is 0 Å². The van der Waals surface area contributed by atoms with Gasteiger partial charge >= 0.3 is 6.03 Å². The first-order chi connectivity index (χ1) is 13.5. The molecule has 0 radical (unpaired) electrons. The van der Waals surface area contributed by atoms with Crippen molar-refractivity contribution in [2.45, 2.75) is 6.54 Å². The zero-order valence-corrected chi connectivity index (χ0v) is 15.6. The molecule has 1 aliphatic rings. The number of halogens is 1. The van der Waals surface area contributed by atoms with Crippen LogP contribution in [0.3, 0.4) is 0 Å². The van der Waals surface area contributed by atoms with Crippen LogP contribution in [-0.4, -0.2) is 38.2 Å². The van der Waals surface area contributed by atoms with Gasteiger partial charge in [-0.2, -0.15) is 0 Å². The summed E-state index contributed by atoms with van der Waals surface area (Å²) in [7, 11) is 4.45. The number of nitrogens with one attached hydrogen (secondary N) is 1. The van der Waals surface area contributed by atoms with Gasteiger partial charge in [0, 0.05) is 5.56 Å². The zero-order valence-electron chi connectivity index (χ0n) is 15.6. The standard InChI is InChI=1S/C20H19FN2O5/c1-26-16-9-6-13(17(27-2)18(16)28-3)10-15-19(24)23(20(25)22-15)11-12-4-7-14(21)8-5-12/h4-10H,11H2,1-3H3,(H,22,25). The van der Waals surface area contributed by atoms with E-state index in [1.807, 2.05) is 0 Å². The van der Waals surface area contributed by atoms with Crippen molar-refractivity contribution in [3.63, 3.8) is 0 Å². The van der Waals surface area contributed by atoms with Crippen molar-refractivity contribution in [1.82, 2.24) is 10.2 Å². The molecule has 0 bridgehead atoms. The fourth-order valence-electron chi connectivity index (χ4n) is 2.88. The third-order valence-corrected chi connectivity index (χ3v) is 4.25. The van der Waals surface area contributed by atoms with E-state index in [1.165, 1.54) is 51.7 Å². The molecule has 1 heterocycles. The van der Waals surface area contributed by atoms with Gasteiger partial charge in [0.25, 0.3) is 5.91 Å². The molecular weight excluding hydrogens is 367 g/mol. The molecule has 1 N–H and O–H groups in total. The summed E-state index contributed by atoms with van der Waals surface area (Å²) >= 11 is 0. The van der Waals surface area contributed by atoms with Crippen LogP contribution in [0.25, 0.3) is 6.08 Å². The van der Waals surface area contributed by atoms with Crippen molar-refractivity contribution in [2.24, 2.45) is 0 Å². The van der Waals surface area contributed by atoms with Crippen LogP contribution in [0.1, 0.15) is 11.1 Å². The number of rotatable bonds is 6. The molecule has 1 fully saturated rings. The maximum Gasteiger partial charge on any atom is 0.329 e. The molecule has 28 heavy (non-hydrogen) atoms. The van der Waals surface area contributed by atoms with Crippen LogP contribution in [0.5, 0.6) is 17.2 Å². The molecule has 0 aliphatic carbocycles. The molecule has 0 spiro atoms. The fourth-order valence-corrected chi connectivity index (χ4v) is 2.88. The molecule has 146 valence electrons. The van der Waals surface area contributed by atoms with E-state index in [9.17, 15) is 14.0 Å². The van der Waals surface area contributed by atoms with Gasteiger partial charge in [0.15, 0.2) is 11.5 Å². The van der Waals surface area contributed by atoms with E-state index in [0.29, 0.717) is 28.4 Å². The number of carbonyl (C=O) groups is 2. The summed E-state index contributed by atoms with van der Waals surface area (Å²) in [4.78, 5) is 26.0. The van der Waals surface area contributed by atoms with Gasteiger partial charge in [-0.25, -0.2) is 9.18 Å². The number of hydrogen-bond donors (Lipinski definition) is 1. The zero-order chi connectivity index (χ0) is 20.3. The molecule has 0 atom stereocenters. The Balaban J connectivity index is 1.90. The predicted molar refractivity (Wildman–Crippen MR) is 99.6 cm³/mol. The van der Waals surface area contributed by atoms with Gasteiger partial charge in [0.05, 0.1) is 27.9 Å². The number of carbonyl (C=O) groups excluding carboxylic acids is 2. The smallest absolute Gasteiger partial charge is 0.329 e. The maximum absolute atomic E-state index is 13.0. The molecule has 1 aliphatic heterocycles. The molecule has 7 nitrogen and oxygen atoms in total. The van der Waals surface area contributed by atoms with Crippen LogP contribution in [-0.2, 0) is 11.3 Å². The van der Waals surface area contributed by atoms with Crippen molar-refractivity contribution in [2.75, 3.05) is 21.3 Å². The van der Waals surface area contributed by atoms with Crippen LogP contribution in [0, 0.1) is 5.82 Å². The van der Waals surface area contributed by atoms with Gasteiger partial charge in [-0.15, -0.1) is 0 Å². The van der Waals surface area contributed by atoms with E-state index in [1.54, 1.807) is 12.1 Å². The summed E-state index contributed by atoms with van der Waals surface area (Å²) in [5.74, 6) is 0.335. The van der Waals surface area contributed by atoms with Crippen LogP contribution >= 0.6 is 0 Å². The normalized spacial score (nSPS) is 15.0. The molecule has 1 saturated heterocycles. The fraction of sp³-hybridized carbons (Fsp3) is 0.200. The van der Waals surface area contributed by atoms with Crippen molar-refractivity contribution in [3.8, 4) is 17.2 Å². The minimum atomic E-state index is -0.556. The lowest BCUT2D eigenvalue weighted by Crippen LogP contribution is -2.30. The van der Waals surface area contributed by atoms with Crippen molar-refractivity contribution >= 4 is 18.0 Å². The topological polar surface area (TPSA) is 77.1 Å². The summed E-state index contributed by atoms with van der Waals surface area (Å²) in [6.45, 7) is 0.0331. The van der Waals surface area contributed by atoms with E-state index in [2.05, 4.69) is 5.32 Å². The van der Waals surface area contributed by atoms with Gasteiger partial charge in [-0.3, -0.25) is 9.69 Å². The van der Waals surface area contributed by atoms with Gasteiger partial charge in [0.2, 0.25) is 5.75 Å². The molecule has 2 aromatic rings. The number of nitrogens with zero attached hydrogens (tertiary/aromatic N) is 1. The Labute approximate surface area is 161 Å². The minimum absolute atomic E-state index is 0.0331. The lowest BCUT2D eigenvalue weighted by Gasteiger charge is -2.14. The quantitative estimate of drug-likeness (QED) is 0.610. The highest BCUT2D eigenvalue weighted by Gasteiger charge is 2.34. The van der Waals surface area contributed by atoms with Gasteiger partial charge in [-0.1, -0.05) is 12.1 Å². The van der Waals surface area contributed by atoms with E-state index >= 15 is 0 Å². The highest BCUT2D eigenvalue weighted by atomic mass is 19.1. The SMILES string of the molecule is COc1ccc(C=C2NC(=O)N(Cc3ccc(F)cc3)C2=O)c(OC)c1OC. The largest absolute Gasteiger partial charge is 0.493 e. The molecule has 0 unspecified atom stereocenters. The van der Waals surface area contributed by atoms with Crippen molar-refractivity contribution in [1.29, 1.82) is 0 Å². The van der Waals surface area contributed by atoms with E-state index in [0.717, 1.165) is 4.90 Å². The first kappa shape index (κ1) is 19.2. The van der Waals surface area contributed by atoms with Gasteiger partial charge in [-0.05, 0) is 35.9 Å². The number of ether oxygens (including phenoxy) is 3. The van der Waals surface area contributed by atoms with Crippen LogP contribution < -0.4 is 19.5 Å². The first-order valence-corrected chi connectivity index (χ1v) is 8.36. The Kier molecular flexibility index (Phi) is 5.49. The van der Waals surface area contributed by atoms with Crippen molar-refractivity contribution in [3.05, 3.63) is 59.0 Å². The Morgan fingerprint density at radius 1 is 0.964 bits per heavy atom. The number of benzene rings is 2. The second kappa shape index (κ2) is 7.99. The average Bonchev–Trinajstić information content (AvgIpc) is 2.96. The third kappa shape index (κ3) is 3.62. The minimum Gasteiger partial charge on any atom is -0.493 e. The van der Waals surface area contributed by atoms with Gasteiger partial charge < -0.3 is 19.5 Å². The van der Waals surface area contributed by atoms with Crippen LogP contribution in [0.15, 0.2) is 42.1 Å². The Morgan fingerprint density at radius 2 is 1.64 bits per heavy atom. The predicted octanol–water partition coefficient (Wildman–Crippen LogP) is 2.94. The third-order valence-electron chi connectivity index (χ3n) is 4.25. The number of hydrogen-bond acceptors (Lipinski definition) is 5. The summed E-state index contributed by atoms with van der Waals surface area (Å²) in [5, 5.41) is 2.55. The lowest BCUT2D eigenvalue weighted by molar-refractivity contribution is -0.123. The Bertz CT molecular complexity index is 940. The molecule has 8 heteroatoms.